The average Bonchev–Trinajstić information content (AvgIpc) is 2.05. The van der Waals surface area contributed by atoms with Crippen molar-refractivity contribution in [1.29, 1.82) is 0 Å². The molecule has 0 fully saturated rings. The van der Waals surface area contributed by atoms with E-state index in [1.165, 1.54) is 0 Å². The third-order valence-corrected chi connectivity index (χ3v) is 1.46. The molecule has 1 rings (SSSR count). The molecule has 0 bridgehead atoms. The molecule has 0 aliphatic heterocycles. The highest BCUT2D eigenvalue weighted by atomic mass is 16.3. The monoisotopic (exact) mass is 137 g/mol. The Hall–Kier alpha value is -0.820. The lowest BCUT2D eigenvalue weighted by Gasteiger charge is -2.05. The van der Waals surface area contributed by atoms with Crippen molar-refractivity contribution in [1.82, 2.24) is 0 Å². The van der Waals surface area contributed by atoms with Crippen LogP contribution in [-0.4, -0.2) is 5.11 Å². The van der Waals surface area contributed by atoms with E-state index in [0.29, 0.717) is 0 Å². The highest BCUT2D eigenvalue weighted by Gasteiger charge is 2.00. The van der Waals surface area contributed by atoms with Crippen LogP contribution in [0.3, 0.4) is 0 Å². The molecule has 2 atom stereocenters. The summed E-state index contributed by atoms with van der Waals surface area (Å²) in [6.45, 7) is 1.68. The van der Waals surface area contributed by atoms with Crippen LogP contribution in [-0.2, 0) is 0 Å². The molecule has 0 amide bonds. The molecule has 0 aromatic heterocycles. The van der Waals surface area contributed by atoms with Crippen LogP contribution in [0.2, 0.25) is 0 Å². The lowest BCUT2D eigenvalue weighted by Crippen LogP contribution is -1.93. The van der Waals surface area contributed by atoms with Crippen LogP contribution in [0.15, 0.2) is 30.3 Å². The van der Waals surface area contributed by atoms with Crippen molar-refractivity contribution >= 4 is 0 Å². The van der Waals surface area contributed by atoms with Crippen molar-refractivity contribution in [3.8, 4) is 0 Å². The molecule has 1 nitrogen and oxygen atoms in total. The number of benzene rings is 1. The Labute approximate surface area is 62.7 Å². The highest BCUT2D eigenvalue weighted by Crippen LogP contribution is 2.14. The van der Waals surface area contributed by atoms with Gasteiger partial charge in [0.1, 0.15) is 0 Å². The zero-order valence-corrected chi connectivity index (χ0v) is 5.99. The predicted octanol–water partition coefficient (Wildman–Crippen LogP) is 2.13. The van der Waals surface area contributed by atoms with Gasteiger partial charge in [-0.1, -0.05) is 37.3 Å². The summed E-state index contributed by atoms with van der Waals surface area (Å²) in [6, 6.07) is 9.28. The molecular weight excluding hydrogens is 124 g/mol. The van der Waals surface area contributed by atoms with E-state index >= 15 is 0 Å². The van der Waals surface area contributed by atoms with Crippen LogP contribution in [0.25, 0.3) is 0 Å². The Morgan fingerprint density at radius 3 is 2.60 bits per heavy atom. The smallest absolute Gasteiger partial charge is 0.0787 e. The van der Waals surface area contributed by atoms with Crippen molar-refractivity contribution in [2.75, 3.05) is 0 Å². The van der Waals surface area contributed by atoms with Crippen LogP contribution >= 0.6 is 0 Å². The SMILES string of the molecule is [2H][C@H](C)[C@H](O)c1ccccc1. The molecule has 0 heterocycles. The highest BCUT2D eigenvalue weighted by molar-refractivity contribution is 5.16. The van der Waals surface area contributed by atoms with E-state index in [4.69, 9.17) is 1.37 Å². The molecule has 1 heteroatoms. The molecule has 1 aromatic carbocycles. The van der Waals surface area contributed by atoms with Gasteiger partial charge in [-0.2, -0.15) is 0 Å². The summed E-state index contributed by atoms with van der Waals surface area (Å²) in [5.74, 6) is 0. The third-order valence-electron chi connectivity index (χ3n) is 1.46. The second kappa shape index (κ2) is 3.37. The van der Waals surface area contributed by atoms with E-state index in [1.807, 2.05) is 30.3 Å². The first kappa shape index (κ1) is 5.93. The number of hydrogen-bond acceptors (Lipinski definition) is 1. The maximum Gasteiger partial charge on any atom is 0.0787 e. The summed E-state index contributed by atoms with van der Waals surface area (Å²) in [7, 11) is 0. The Morgan fingerprint density at radius 1 is 1.50 bits per heavy atom. The van der Waals surface area contributed by atoms with Gasteiger partial charge in [-0.3, -0.25) is 0 Å². The second-order valence-corrected chi connectivity index (χ2v) is 2.19. The lowest BCUT2D eigenvalue weighted by molar-refractivity contribution is 0.173. The van der Waals surface area contributed by atoms with E-state index in [9.17, 15) is 5.11 Å². The van der Waals surface area contributed by atoms with Gasteiger partial charge in [-0.25, -0.2) is 0 Å². The molecule has 10 heavy (non-hydrogen) atoms. The molecular formula is C9H12O. The van der Waals surface area contributed by atoms with E-state index < -0.39 is 12.5 Å². The van der Waals surface area contributed by atoms with E-state index in [0.717, 1.165) is 5.56 Å². The van der Waals surface area contributed by atoms with Gasteiger partial charge < -0.3 is 5.11 Å². The van der Waals surface area contributed by atoms with Crippen molar-refractivity contribution in [3.05, 3.63) is 35.9 Å². The van der Waals surface area contributed by atoms with Gasteiger partial charge in [0.25, 0.3) is 0 Å². The molecule has 0 aliphatic rings. The molecule has 0 aliphatic carbocycles. The second-order valence-electron chi connectivity index (χ2n) is 2.19. The normalized spacial score (nSPS) is 17.6. The first-order valence-corrected chi connectivity index (χ1v) is 3.37. The Morgan fingerprint density at radius 2 is 2.10 bits per heavy atom. The summed E-state index contributed by atoms with van der Waals surface area (Å²) in [4.78, 5) is 0. The van der Waals surface area contributed by atoms with Crippen LogP contribution in [0.4, 0.5) is 0 Å². The first-order chi connectivity index (χ1) is 5.22. The fourth-order valence-electron chi connectivity index (χ4n) is 0.843. The Balaban J connectivity index is 2.77. The maximum atomic E-state index is 9.41. The minimum Gasteiger partial charge on any atom is -0.388 e. The predicted molar refractivity (Wildman–Crippen MR) is 41.7 cm³/mol. The van der Waals surface area contributed by atoms with Gasteiger partial charge in [0.15, 0.2) is 0 Å². The first-order valence-electron chi connectivity index (χ1n) is 3.95. The maximum absolute atomic E-state index is 9.41. The van der Waals surface area contributed by atoms with Crippen molar-refractivity contribution < 1.29 is 6.48 Å². The number of aliphatic hydroxyl groups is 1. The molecule has 0 unspecified atom stereocenters. The molecule has 1 N–H and O–H groups in total. The summed E-state index contributed by atoms with van der Waals surface area (Å²) in [6.07, 6.45) is -1.12. The van der Waals surface area contributed by atoms with Crippen molar-refractivity contribution in [3.63, 3.8) is 0 Å². The molecule has 0 saturated carbocycles. The number of rotatable bonds is 2. The fourth-order valence-corrected chi connectivity index (χ4v) is 0.843. The average molecular weight is 137 g/mol. The quantitative estimate of drug-likeness (QED) is 0.662. The summed E-state index contributed by atoms with van der Waals surface area (Å²) in [5, 5.41) is 9.41. The molecule has 0 spiro atoms. The van der Waals surface area contributed by atoms with Crippen LogP contribution in [0.5, 0.6) is 0 Å². The number of aliphatic hydroxyl groups excluding tert-OH is 1. The van der Waals surface area contributed by atoms with Crippen molar-refractivity contribution in [2.45, 2.75) is 19.4 Å². The number of hydrogen-bond donors (Lipinski definition) is 1. The van der Waals surface area contributed by atoms with Gasteiger partial charge in [-0.15, -0.1) is 0 Å². The summed E-state index contributed by atoms with van der Waals surface area (Å²) >= 11 is 0. The van der Waals surface area contributed by atoms with Gasteiger partial charge in [0, 0.05) is 1.37 Å². The standard InChI is InChI=1S/C9H12O/c1-2-9(10)8-6-4-3-5-7-8/h3-7,9-10H,2H2,1H3/t9-/m0/s1/i2D/t2-,9+/m1. The van der Waals surface area contributed by atoms with Gasteiger partial charge in [-0.05, 0) is 12.0 Å². The van der Waals surface area contributed by atoms with Gasteiger partial charge in [0.2, 0.25) is 0 Å². The molecule has 1 aromatic rings. The van der Waals surface area contributed by atoms with E-state index in [2.05, 4.69) is 0 Å². The third kappa shape index (κ3) is 1.58. The Kier molecular flexibility index (Phi) is 2.00. The minimum atomic E-state index is -0.656. The van der Waals surface area contributed by atoms with Crippen LogP contribution in [0, 0.1) is 0 Å². The van der Waals surface area contributed by atoms with E-state index in [1.54, 1.807) is 6.92 Å². The van der Waals surface area contributed by atoms with Gasteiger partial charge >= 0.3 is 0 Å². The van der Waals surface area contributed by atoms with Crippen molar-refractivity contribution in [2.24, 2.45) is 0 Å². The zero-order valence-electron chi connectivity index (χ0n) is 6.99. The lowest BCUT2D eigenvalue weighted by atomic mass is 10.1. The zero-order chi connectivity index (χ0) is 8.27. The molecule has 54 valence electrons. The Bertz CT molecular complexity index is 208. The fraction of sp³-hybridized carbons (Fsp3) is 0.333. The van der Waals surface area contributed by atoms with Crippen LogP contribution < -0.4 is 0 Å². The largest absolute Gasteiger partial charge is 0.388 e. The summed E-state index contributed by atoms with van der Waals surface area (Å²) < 4.78 is 7.27. The van der Waals surface area contributed by atoms with Gasteiger partial charge in [0.05, 0.1) is 6.10 Å². The molecule has 0 radical (unpaired) electrons. The summed E-state index contributed by atoms with van der Waals surface area (Å²) in [5.41, 5.74) is 0.815. The van der Waals surface area contributed by atoms with E-state index in [-0.39, 0.29) is 0 Å². The minimum absolute atomic E-state index is 0.461. The van der Waals surface area contributed by atoms with Crippen LogP contribution in [0.1, 0.15) is 26.4 Å². The molecule has 0 saturated heterocycles. The topological polar surface area (TPSA) is 20.2 Å².